The monoisotopic (exact) mass is 467 g/mol. The van der Waals surface area contributed by atoms with Crippen molar-refractivity contribution in [3.63, 3.8) is 0 Å². The Morgan fingerprint density at radius 1 is 1.09 bits per heavy atom. The predicted octanol–water partition coefficient (Wildman–Crippen LogP) is 4.68. The van der Waals surface area contributed by atoms with Crippen molar-refractivity contribution in [1.82, 2.24) is 4.90 Å². The highest BCUT2D eigenvalue weighted by Gasteiger charge is 2.46. The second-order valence-corrected chi connectivity index (χ2v) is 9.07. The van der Waals surface area contributed by atoms with Crippen LogP contribution >= 0.6 is 0 Å². The van der Waals surface area contributed by atoms with Crippen molar-refractivity contribution in [3.8, 4) is 11.5 Å². The van der Waals surface area contributed by atoms with Gasteiger partial charge in [0, 0.05) is 12.1 Å². The van der Waals surface area contributed by atoms with Crippen LogP contribution in [0.2, 0.25) is 0 Å². The van der Waals surface area contributed by atoms with E-state index in [9.17, 15) is 19.8 Å². The maximum Gasteiger partial charge on any atom is 0.295 e. The summed E-state index contributed by atoms with van der Waals surface area (Å²) in [6, 6.07) is 9.13. The van der Waals surface area contributed by atoms with Crippen LogP contribution in [0.4, 0.5) is 0 Å². The molecule has 0 spiro atoms. The van der Waals surface area contributed by atoms with Gasteiger partial charge in [-0.1, -0.05) is 26.0 Å². The first kappa shape index (κ1) is 25.3. The number of Topliss-reactive ketones (excluding diaryl/α,β-unsaturated/α-hetero) is 1. The summed E-state index contributed by atoms with van der Waals surface area (Å²) in [6.07, 6.45) is -0.0275. The van der Waals surface area contributed by atoms with E-state index in [1.165, 1.54) is 17.0 Å². The molecule has 7 nitrogen and oxygen atoms in total. The maximum absolute atomic E-state index is 13.2. The molecule has 0 aromatic heterocycles. The summed E-state index contributed by atoms with van der Waals surface area (Å²) >= 11 is 0. The first-order valence-corrected chi connectivity index (χ1v) is 11.4. The third kappa shape index (κ3) is 4.94. The molecular weight excluding hydrogens is 434 g/mol. The number of phenolic OH excluding ortho intramolecular Hbond substituents is 1. The van der Waals surface area contributed by atoms with Gasteiger partial charge >= 0.3 is 0 Å². The van der Waals surface area contributed by atoms with E-state index in [0.29, 0.717) is 16.9 Å². The average Bonchev–Trinajstić information content (AvgIpc) is 3.03. The lowest BCUT2D eigenvalue weighted by molar-refractivity contribution is -0.140. The molecular formula is C27H33NO6. The molecule has 1 amide bonds. The van der Waals surface area contributed by atoms with Crippen LogP contribution in [0.25, 0.3) is 5.76 Å². The number of aromatic hydroxyl groups is 1. The lowest BCUT2D eigenvalue weighted by Crippen LogP contribution is -2.33. The molecule has 182 valence electrons. The van der Waals surface area contributed by atoms with Crippen molar-refractivity contribution in [3.05, 3.63) is 64.2 Å². The van der Waals surface area contributed by atoms with Crippen LogP contribution in [0, 0.1) is 6.92 Å². The highest BCUT2D eigenvalue weighted by Crippen LogP contribution is 2.41. The summed E-state index contributed by atoms with van der Waals surface area (Å²) in [5, 5.41) is 21.2. The molecule has 2 N–H and O–H groups in total. The zero-order valence-corrected chi connectivity index (χ0v) is 20.6. The summed E-state index contributed by atoms with van der Waals surface area (Å²) in [7, 11) is 1.59. The van der Waals surface area contributed by atoms with Gasteiger partial charge in [-0.05, 0) is 67.6 Å². The Hall–Kier alpha value is -3.32. The number of aliphatic hydroxyl groups is 1. The van der Waals surface area contributed by atoms with E-state index in [2.05, 4.69) is 0 Å². The van der Waals surface area contributed by atoms with Gasteiger partial charge in [0.2, 0.25) is 0 Å². The molecule has 2 aromatic carbocycles. The van der Waals surface area contributed by atoms with Gasteiger partial charge in [0.05, 0.1) is 31.4 Å². The molecule has 0 bridgehead atoms. The van der Waals surface area contributed by atoms with Gasteiger partial charge in [-0.15, -0.1) is 0 Å². The molecule has 0 saturated carbocycles. The number of nitrogens with zero attached hydrogens (tertiary/aromatic N) is 1. The number of hydrogen-bond acceptors (Lipinski definition) is 6. The van der Waals surface area contributed by atoms with E-state index in [1.54, 1.807) is 19.2 Å². The van der Waals surface area contributed by atoms with Gasteiger partial charge < -0.3 is 24.6 Å². The summed E-state index contributed by atoms with van der Waals surface area (Å²) in [4.78, 5) is 27.7. The van der Waals surface area contributed by atoms with Crippen molar-refractivity contribution in [1.29, 1.82) is 0 Å². The lowest BCUT2D eigenvalue weighted by atomic mass is 9.91. The van der Waals surface area contributed by atoms with E-state index in [1.807, 2.05) is 46.8 Å². The van der Waals surface area contributed by atoms with Crippen LogP contribution in [0.5, 0.6) is 11.5 Å². The SMILES string of the molecule is COc1cc(C)c(/C(O)=C2\C(=O)C(=O)N(CCOC(C)C)C2c2ccc(O)cc2)cc1C(C)C. The maximum atomic E-state index is 13.2. The number of aryl methyl sites for hydroxylation is 1. The number of phenols is 1. The van der Waals surface area contributed by atoms with E-state index in [4.69, 9.17) is 9.47 Å². The molecule has 1 aliphatic rings. The van der Waals surface area contributed by atoms with Crippen molar-refractivity contribution >= 4 is 17.4 Å². The van der Waals surface area contributed by atoms with Gasteiger partial charge in [-0.25, -0.2) is 0 Å². The Morgan fingerprint density at radius 2 is 1.74 bits per heavy atom. The fraction of sp³-hybridized carbons (Fsp3) is 0.407. The molecule has 1 fully saturated rings. The largest absolute Gasteiger partial charge is 0.508 e. The number of carbonyl (C=O) groups is 2. The van der Waals surface area contributed by atoms with Crippen molar-refractivity contribution in [2.45, 2.75) is 52.7 Å². The fourth-order valence-electron chi connectivity index (χ4n) is 4.23. The van der Waals surface area contributed by atoms with Crippen molar-refractivity contribution in [2.24, 2.45) is 0 Å². The molecule has 1 atom stereocenters. The summed E-state index contributed by atoms with van der Waals surface area (Å²) < 4.78 is 11.1. The highest BCUT2D eigenvalue weighted by atomic mass is 16.5. The number of likely N-dealkylation sites (tertiary alicyclic amines) is 1. The molecule has 0 aliphatic carbocycles. The number of methoxy groups -OCH3 is 1. The topological polar surface area (TPSA) is 96.3 Å². The highest BCUT2D eigenvalue weighted by molar-refractivity contribution is 6.46. The molecule has 1 heterocycles. The number of carbonyl (C=O) groups excluding carboxylic acids is 2. The Bertz CT molecular complexity index is 1100. The van der Waals surface area contributed by atoms with Crippen LogP contribution in [0.3, 0.4) is 0 Å². The number of aliphatic hydroxyl groups excluding tert-OH is 1. The number of amides is 1. The minimum absolute atomic E-state index is 0.0169. The Balaban J connectivity index is 2.18. The number of ether oxygens (including phenoxy) is 2. The summed E-state index contributed by atoms with van der Waals surface area (Å²) in [5.41, 5.74) is 2.71. The minimum Gasteiger partial charge on any atom is -0.508 e. The zero-order chi connectivity index (χ0) is 25.2. The van der Waals surface area contributed by atoms with Gasteiger partial charge in [0.1, 0.15) is 17.3 Å². The quantitative estimate of drug-likeness (QED) is 0.332. The number of hydrogen-bond donors (Lipinski definition) is 2. The van der Waals surface area contributed by atoms with Crippen LogP contribution in [0.15, 0.2) is 42.0 Å². The Morgan fingerprint density at radius 3 is 2.29 bits per heavy atom. The standard InChI is InChI=1S/C27H33NO6/c1-15(2)20-14-21(17(5)13-22(20)33-6)25(30)23-24(18-7-9-19(29)10-8-18)28(27(32)26(23)31)11-12-34-16(3)4/h7-10,13-16,24,29-30H,11-12H2,1-6H3/b25-23+. The van der Waals surface area contributed by atoms with Crippen molar-refractivity contribution in [2.75, 3.05) is 20.3 Å². The van der Waals surface area contributed by atoms with Crippen LogP contribution in [0.1, 0.15) is 61.9 Å². The van der Waals surface area contributed by atoms with Gasteiger partial charge in [0.25, 0.3) is 11.7 Å². The Kier molecular flexibility index (Phi) is 7.67. The molecule has 1 saturated heterocycles. The number of rotatable bonds is 8. The first-order chi connectivity index (χ1) is 16.1. The van der Waals surface area contributed by atoms with Crippen molar-refractivity contribution < 1.29 is 29.3 Å². The number of benzene rings is 2. The summed E-state index contributed by atoms with van der Waals surface area (Å²) in [6.45, 7) is 10.1. The Labute approximate surface area is 200 Å². The number of ketones is 1. The molecule has 0 radical (unpaired) electrons. The third-order valence-electron chi connectivity index (χ3n) is 5.99. The van der Waals surface area contributed by atoms with Gasteiger partial charge in [-0.2, -0.15) is 0 Å². The molecule has 34 heavy (non-hydrogen) atoms. The van der Waals surface area contributed by atoms with E-state index < -0.39 is 17.7 Å². The fourth-order valence-corrected chi connectivity index (χ4v) is 4.23. The summed E-state index contributed by atoms with van der Waals surface area (Å²) in [5.74, 6) is -0.790. The van der Waals surface area contributed by atoms with Crippen LogP contribution in [-0.4, -0.2) is 53.2 Å². The zero-order valence-electron chi connectivity index (χ0n) is 20.6. The molecule has 1 aliphatic heterocycles. The van der Waals surface area contributed by atoms with E-state index >= 15 is 0 Å². The second kappa shape index (κ2) is 10.3. The normalized spacial score (nSPS) is 17.8. The third-order valence-corrected chi connectivity index (χ3v) is 5.99. The predicted molar refractivity (Wildman–Crippen MR) is 130 cm³/mol. The van der Waals surface area contributed by atoms with E-state index in [-0.39, 0.29) is 42.3 Å². The molecule has 1 unspecified atom stereocenters. The smallest absolute Gasteiger partial charge is 0.295 e. The molecule has 2 aromatic rings. The molecule has 3 rings (SSSR count). The van der Waals surface area contributed by atoms with Crippen LogP contribution < -0.4 is 4.74 Å². The lowest BCUT2D eigenvalue weighted by Gasteiger charge is -2.26. The van der Waals surface area contributed by atoms with Gasteiger partial charge in [-0.3, -0.25) is 9.59 Å². The molecule has 7 heteroatoms. The van der Waals surface area contributed by atoms with Crippen LogP contribution in [-0.2, 0) is 14.3 Å². The first-order valence-electron chi connectivity index (χ1n) is 11.4. The minimum atomic E-state index is -0.805. The second-order valence-electron chi connectivity index (χ2n) is 9.07. The van der Waals surface area contributed by atoms with E-state index in [0.717, 1.165) is 11.1 Å². The average molecular weight is 468 g/mol. The van der Waals surface area contributed by atoms with Gasteiger partial charge in [0.15, 0.2) is 0 Å².